The fourth-order valence-corrected chi connectivity index (χ4v) is 2.95. The second-order valence-electron chi connectivity index (χ2n) is 4.73. The van der Waals surface area contributed by atoms with Crippen LogP contribution in [0.5, 0.6) is 0 Å². The molecule has 0 saturated carbocycles. The van der Waals surface area contributed by atoms with Gasteiger partial charge in [0.2, 0.25) is 0 Å². The molecule has 2 aromatic rings. The zero-order valence-corrected chi connectivity index (χ0v) is 12.2. The summed E-state index contributed by atoms with van der Waals surface area (Å²) in [6.45, 7) is 2.45. The molecule has 3 rings (SSSR count). The Kier molecular flexibility index (Phi) is 3.99. The molecule has 0 atom stereocenters. The zero-order valence-electron chi connectivity index (χ0n) is 11.3. The molecule has 1 aliphatic rings. The van der Waals surface area contributed by atoms with E-state index in [2.05, 4.69) is 9.97 Å². The summed E-state index contributed by atoms with van der Waals surface area (Å²) in [5, 5.41) is 13.2. The number of nitrogens with one attached hydrogen (secondary N) is 1. The smallest absolute Gasteiger partial charge is 0.271 e. The van der Waals surface area contributed by atoms with E-state index in [1.165, 1.54) is 0 Å². The van der Waals surface area contributed by atoms with Crippen LogP contribution in [0.15, 0.2) is 21.6 Å². The number of aromatic amines is 1. The minimum atomic E-state index is -0.376. The highest BCUT2D eigenvalue weighted by Gasteiger charge is 2.20. The van der Waals surface area contributed by atoms with Crippen LogP contribution in [0, 0.1) is 11.3 Å². The standard InChI is InChI=1S/C14H14N4O2S/c15-8-11-13(18-2-4-20-5-3-18)16-12(17-14(11)19)7-10-1-6-21-9-10/h1,6,9H,2-5,7H2,(H,16,17,19). The van der Waals surface area contributed by atoms with Crippen molar-refractivity contribution in [1.82, 2.24) is 9.97 Å². The van der Waals surface area contributed by atoms with E-state index in [0.717, 1.165) is 5.56 Å². The van der Waals surface area contributed by atoms with Gasteiger partial charge in [0, 0.05) is 19.5 Å². The SMILES string of the molecule is N#Cc1c(N2CCOCC2)nc(Cc2ccsc2)[nH]c1=O. The number of aromatic nitrogens is 2. The molecule has 0 spiro atoms. The van der Waals surface area contributed by atoms with Crippen LogP contribution in [-0.4, -0.2) is 36.3 Å². The second kappa shape index (κ2) is 6.08. The molecule has 0 amide bonds. The molecular weight excluding hydrogens is 288 g/mol. The summed E-state index contributed by atoms with van der Waals surface area (Å²) in [6, 6.07) is 3.96. The Balaban J connectivity index is 1.98. The third-order valence-corrected chi connectivity index (χ3v) is 4.06. The molecule has 0 radical (unpaired) electrons. The number of hydrogen-bond donors (Lipinski definition) is 1. The van der Waals surface area contributed by atoms with Gasteiger partial charge in [-0.05, 0) is 22.4 Å². The van der Waals surface area contributed by atoms with Gasteiger partial charge in [-0.2, -0.15) is 16.6 Å². The molecule has 0 aliphatic carbocycles. The number of hydrogen-bond acceptors (Lipinski definition) is 6. The van der Waals surface area contributed by atoms with Crippen LogP contribution in [0.1, 0.15) is 17.0 Å². The molecule has 108 valence electrons. The molecule has 1 saturated heterocycles. The van der Waals surface area contributed by atoms with Crippen LogP contribution in [0.2, 0.25) is 0 Å². The maximum absolute atomic E-state index is 12.1. The van der Waals surface area contributed by atoms with Gasteiger partial charge < -0.3 is 14.6 Å². The van der Waals surface area contributed by atoms with Crippen molar-refractivity contribution >= 4 is 17.2 Å². The summed E-state index contributed by atoms with van der Waals surface area (Å²) in [5.41, 5.74) is 0.797. The van der Waals surface area contributed by atoms with Crippen molar-refractivity contribution in [2.24, 2.45) is 0 Å². The number of rotatable bonds is 3. The fourth-order valence-electron chi connectivity index (χ4n) is 2.28. The molecule has 1 aliphatic heterocycles. The Hall–Kier alpha value is -2.17. The van der Waals surface area contributed by atoms with Crippen molar-refractivity contribution in [3.05, 3.63) is 44.1 Å². The van der Waals surface area contributed by atoms with E-state index in [-0.39, 0.29) is 11.1 Å². The Bertz CT molecular complexity index is 712. The molecule has 21 heavy (non-hydrogen) atoms. The van der Waals surface area contributed by atoms with Gasteiger partial charge in [0.15, 0.2) is 11.4 Å². The summed E-state index contributed by atoms with van der Waals surface area (Å²) >= 11 is 1.60. The van der Waals surface area contributed by atoms with E-state index in [4.69, 9.17) is 4.74 Å². The molecular formula is C14H14N4O2S. The molecule has 0 unspecified atom stereocenters. The average molecular weight is 302 g/mol. The number of ether oxygens (including phenoxy) is 1. The first-order valence-corrected chi connectivity index (χ1v) is 7.59. The van der Waals surface area contributed by atoms with E-state index in [1.54, 1.807) is 11.3 Å². The fraction of sp³-hybridized carbons (Fsp3) is 0.357. The lowest BCUT2D eigenvalue weighted by Crippen LogP contribution is -2.38. The van der Waals surface area contributed by atoms with Crippen molar-refractivity contribution in [2.45, 2.75) is 6.42 Å². The van der Waals surface area contributed by atoms with Gasteiger partial charge in [0.25, 0.3) is 5.56 Å². The summed E-state index contributed by atoms with van der Waals surface area (Å²) in [7, 11) is 0. The maximum atomic E-state index is 12.1. The largest absolute Gasteiger partial charge is 0.378 e. The van der Waals surface area contributed by atoms with Gasteiger partial charge in [-0.1, -0.05) is 0 Å². The van der Waals surface area contributed by atoms with Crippen molar-refractivity contribution in [3.8, 4) is 6.07 Å². The van der Waals surface area contributed by atoms with Gasteiger partial charge in [-0.15, -0.1) is 0 Å². The van der Waals surface area contributed by atoms with E-state index in [1.807, 2.05) is 27.8 Å². The number of anilines is 1. The van der Waals surface area contributed by atoms with E-state index >= 15 is 0 Å². The lowest BCUT2D eigenvalue weighted by molar-refractivity contribution is 0.122. The van der Waals surface area contributed by atoms with Crippen molar-refractivity contribution in [1.29, 1.82) is 5.26 Å². The number of nitrogens with zero attached hydrogens (tertiary/aromatic N) is 3. The lowest BCUT2D eigenvalue weighted by atomic mass is 10.2. The van der Waals surface area contributed by atoms with Crippen LogP contribution in [-0.2, 0) is 11.2 Å². The number of nitriles is 1. The Morgan fingerprint density at radius 1 is 1.48 bits per heavy atom. The highest BCUT2D eigenvalue weighted by Crippen LogP contribution is 2.17. The summed E-state index contributed by atoms with van der Waals surface area (Å²) in [4.78, 5) is 21.2. The predicted octanol–water partition coefficient (Wildman–Crippen LogP) is 1.13. The minimum Gasteiger partial charge on any atom is -0.378 e. The highest BCUT2D eigenvalue weighted by molar-refractivity contribution is 7.07. The summed E-state index contributed by atoms with van der Waals surface area (Å²) in [5.74, 6) is 1.05. The molecule has 0 bridgehead atoms. The summed E-state index contributed by atoms with van der Waals surface area (Å²) < 4.78 is 5.30. The molecule has 1 fully saturated rings. The van der Waals surface area contributed by atoms with Crippen molar-refractivity contribution in [3.63, 3.8) is 0 Å². The maximum Gasteiger partial charge on any atom is 0.271 e. The predicted molar refractivity (Wildman–Crippen MR) is 79.7 cm³/mol. The van der Waals surface area contributed by atoms with Gasteiger partial charge in [-0.25, -0.2) is 4.98 Å². The van der Waals surface area contributed by atoms with Crippen LogP contribution in [0.25, 0.3) is 0 Å². The van der Waals surface area contributed by atoms with Gasteiger partial charge in [0.1, 0.15) is 11.9 Å². The molecule has 3 heterocycles. The Morgan fingerprint density at radius 3 is 2.95 bits per heavy atom. The monoisotopic (exact) mass is 302 g/mol. The number of H-pyrrole nitrogens is 1. The molecule has 7 heteroatoms. The number of thiophene rings is 1. The quantitative estimate of drug-likeness (QED) is 0.919. The van der Waals surface area contributed by atoms with Crippen LogP contribution in [0.3, 0.4) is 0 Å². The van der Waals surface area contributed by atoms with Crippen molar-refractivity contribution in [2.75, 3.05) is 31.2 Å². The van der Waals surface area contributed by atoms with Crippen molar-refractivity contribution < 1.29 is 4.74 Å². The molecule has 1 N–H and O–H groups in total. The molecule has 2 aromatic heterocycles. The van der Waals surface area contributed by atoms with E-state index in [9.17, 15) is 10.1 Å². The molecule has 0 aromatic carbocycles. The Morgan fingerprint density at radius 2 is 2.29 bits per heavy atom. The van der Waals surface area contributed by atoms with Crippen LogP contribution >= 0.6 is 11.3 Å². The highest BCUT2D eigenvalue weighted by atomic mass is 32.1. The normalized spacial score (nSPS) is 14.9. The average Bonchev–Trinajstić information content (AvgIpc) is 3.00. The topological polar surface area (TPSA) is 82.0 Å². The van der Waals surface area contributed by atoms with Crippen LogP contribution < -0.4 is 10.5 Å². The van der Waals surface area contributed by atoms with Gasteiger partial charge in [-0.3, -0.25) is 4.79 Å². The van der Waals surface area contributed by atoms with Gasteiger partial charge >= 0.3 is 0 Å². The number of morpholine rings is 1. The molecule has 6 nitrogen and oxygen atoms in total. The van der Waals surface area contributed by atoms with E-state index < -0.39 is 0 Å². The first kappa shape index (κ1) is 13.8. The third-order valence-electron chi connectivity index (χ3n) is 3.32. The van der Waals surface area contributed by atoms with E-state index in [0.29, 0.717) is 44.4 Å². The first-order valence-electron chi connectivity index (χ1n) is 6.65. The second-order valence-corrected chi connectivity index (χ2v) is 5.51. The Labute approximate surface area is 125 Å². The minimum absolute atomic E-state index is 0.0750. The zero-order chi connectivity index (χ0) is 14.7. The first-order chi connectivity index (χ1) is 10.3. The third kappa shape index (κ3) is 2.96. The van der Waals surface area contributed by atoms with Gasteiger partial charge in [0.05, 0.1) is 13.2 Å². The summed E-state index contributed by atoms with van der Waals surface area (Å²) in [6.07, 6.45) is 0.557. The van der Waals surface area contributed by atoms with Crippen LogP contribution in [0.4, 0.5) is 5.82 Å². The lowest BCUT2D eigenvalue weighted by Gasteiger charge is -2.28.